The summed E-state index contributed by atoms with van der Waals surface area (Å²) in [6.45, 7) is 2.50. The van der Waals surface area contributed by atoms with Crippen LogP contribution in [-0.2, 0) is 0 Å². The SMILES string of the molecule is CC(NCC(O)c1ccc(C#N)cc1)c1ccc(-n2cccn2)cc1. The van der Waals surface area contributed by atoms with E-state index in [1.807, 2.05) is 29.1 Å². The highest BCUT2D eigenvalue weighted by Crippen LogP contribution is 2.18. The maximum Gasteiger partial charge on any atom is 0.0991 e. The molecule has 0 saturated heterocycles. The number of hydrogen-bond acceptors (Lipinski definition) is 4. The average Bonchev–Trinajstić information content (AvgIpc) is 3.21. The zero-order valence-electron chi connectivity index (χ0n) is 14.0. The van der Waals surface area contributed by atoms with E-state index < -0.39 is 6.10 Å². The van der Waals surface area contributed by atoms with Crippen molar-refractivity contribution in [2.45, 2.75) is 19.1 Å². The van der Waals surface area contributed by atoms with Gasteiger partial charge in [0.25, 0.3) is 0 Å². The number of aliphatic hydroxyl groups excluding tert-OH is 1. The molecular formula is C20H20N4O. The molecular weight excluding hydrogens is 312 g/mol. The molecule has 0 aliphatic heterocycles. The van der Waals surface area contributed by atoms with Crippen molar-refractivity contribution in [1.29, 1.82) is 5.26 Å². The molecule has 3 aromatic rings. The lowest BCUT2D eigenvalue weighted by atomic mass is 10.1. The Kier molecular flexibility index (Phi) is 5.24. The third-order valence-corrected chi connectivity index (χ3v) is 4.20. The van der Waals surface area contributed by atoms with Crippen LogP contribution in [0.4, 0.5) is 0 Å². The van der Waals surface area contributed by atoms with Crippen LogP contribution in [0.3, 0.4) is 0 Å². The van der Waals surface area contributed by atoms with Crippen molar-refractivity contribution < 1.29 is 5.11 Å². The van der Waals surface area contributed by atoms with Gasteiger partial charge in [0, 0.05) is 25.0 Å². The molecule has 0 saturated carbocycles. The van der Waals surface area contributed by atoms with Crippen molar-refractivity contribution in [3.63, 3.8) is 0 Å². The minimum atomic E-state index is -0.612. The first-order valence-electron chi connectivity index (χ1n) is 8.19. The molecule has 0 amide bonds. The molecule has 5 heteroatoms. The molecule has 1 heterocycles. The molecule has 2 unspecified atom stereocenters. The summed E-state index contributed by atoms with van der Waals surface area (Å²) in [6.07, 6.45) is 3.05. The van der Waals surface area contributed by atoms with Crippen LogP contribution in [0.15, 0.2) is 67.0 Å². The van der Waals surface area contributed by atoms with Crippen LogP contribution in [0.2, 0.25) is 0 Å². The lowest BCUT2D eigenvalue weighted by Gasteiger charge is -2.18. The number of aromatic nitrogens is 2. The van der Waals surface area contributed by atoms with Crippen molar-refractivity contribution >= 4 is 0 Å². The molecule has 0 fully saturated rings. The van der Waals surface area contributed by atoms with Gasteiger partial charge in [0.2, 0.25) is 0 Å². The van der Waals surface area contributed by atoms with Crippen molar-refractivity contribution in [2.24, 2.45) is 0 Å². The van der Waals surface area contributed by atoms with Crippen LogP contribution in [0, 0.1) is 11.3 Å². The minimum Gasteiger partial charge on any atom is -0.387 e. The van der Waals surface area contributed by atoms with Gasteiger partial charge in [-0.2, -0.15) is 10.4 Å². The Morgan fingerprint density at radius 3 is 2.40 bits per heavy atom. The Morgan fingerprint density at radius 1 is 1.12 bits per heavy atom. The van der Waals surface area contributed by atoms with Crippen LogP contribution < -0.4 is 5.32 Å². The predicted molar refractivity (Wildman–Crippen MR) is 96.1 cm³/mol. The molecule has 126 valence electrons. The largest absolute Gasteiger partial charge is 0.387 e. The Hall–Kier alpha value is -2.94. The molecule has 2 atom stereocenters. The van der Waals surface area contributed by atoms with Gasteiger partial charge < -0.3 is 10.4 Å². The van der Waals surface area contributed by atoms with E-state index in [0.29, 0.717) is 12.1 Å². The first kappa shape index (κ1) is 16.9. The van der Waals surface area contributed by atoms with Gasteiger partial charge in [0.1, 0.15) is 0 Å². The van der Waals surface area contributed by atoms with Gasteiger partial charge in [-0.25, -0.2) is 4.68 Å². The van der Waals surface area contributed by atoms with Crippen LogP contribution in [-0.4, -0.2) is 21.4 Å². The first-order chi connectivity index (χ1) is 12.2. The number of rotatable bonds is 6. The van der Waals surface area contributed by atoms with Gasteiger partial charge >= 0.3 is 0 Å². The van der Waals surface area contributed by atoms with Gasteiger partial charge in [0.05, 0.1) is 23.4 Å². The van der Waals surface area contributed by atoms with E-state index in [9.17, 15) is 5.11 Å². The highest BCUT2D eigenvalue weighted by Gasteiger charge is 2.11. The average molecular weight is 332 g/mol. The molecule has 1 aromatic heterocycles. The number of nitriles is 1. The second-order valence-electron chi connectivity index (χ2n) is 5.92. The van der Waals surface area contributed by atoms with E-state index in [2.05, 4.69) is 35.5 Å². The number of aliphatic hydroxyl groups is 1. The van der Waals surface area contributed by atoms with Gasteiger partial charge in [-0.15, -0.1) is 0 Å². The molecule has 3 rings (SSSR count). The summed E-state index contributed by atoms with van der Waals surface area (Å²) in [5.41, 5.74) is 3.55. The fraction of sp³-hybridized carbons (Fsp3) is 0.200. The van der Waals surface area contributed by atoms with Crippen LogP contribution in [0.1, 0.15) is 35.8 Å². The predicted octanol–water partition coefficient (Wildman–Crippen LogP) is 3.13. The number of nitrogens with zero attached hydrogens (tertiary/aromatic N) is 3. The van der Waals surface area contributed by atoms with Gasteiger partial charge in [-0.3, -0.25) is 0 Å². The minimum absolute atomic E-state index is 0.111. The van der Waals surface area contributed by atoms with E-state index in [0.717, 1.165) is 16.8 Å². The third kappa shape index (κ3) is 4.13. The highest BCUT2D eigenvalue weighted by molar-refractivity contribution is 5.35. The Bertz CT molecular complexity index is 833. The number of benzene rings is 2. The highest BCUT2D eigenvalue weighted by atomic mass is 16.3. The maximum absolute atomic E-state index is 10.3. The van der Waals surface area contributed by atoms with Gasteiger partial charge in [0.15, 0.2) is 0 Å². The standard InChI is InChI=1S/C20H20N4O/c1-15(17-7-9-19(10-8-17)24-12-2-11-23-24)22-14-20(25)18-5-3-16(13-21)4-6-18/h2-12,15,20,22,25H,14H2,1H3. The second-order valence-corrected chi connectivity index (χ2v) is 5.92. The quantitative estimate of drug-likeness (QED) is 0.727. The monoisotopic (exact) mass is 332 g/mol. The topological polar surface area (TPSA) is 73.9 Å². The smallest absolute Gasteiger partial charge is 0.0991 e. The van der Waals surface area contributed by atoms with Crippen molar-refractivity contribution in [3.8, 4) is 11.8 Å². The van der Waals surface area contributed by atoms with Crippen LogP contribution in [0.25, 0.3) is 5.69 Å². The van der Waals surface area contributed by atoms with E-state index in [-0.39, 0.29) is 6.04 Å². The summed E-state index contributed by atoms with van der Waals surface area (Å²) in [7, 11) is 0. The molecule has 5 nitrogen and oxygen atoms in total. The normalized spacial score (nSPS) is 13.2. The van der Waals surface area contributed by atoms with E-state index >= 15 is 0 Å². The van der Waals surface area contributed by atoms with Crippen molar-refractivity contribution in [3.05, 3.63) is 83.7 Å². The van der Waals surface area contributed by atoms with Gasteiger partial charge in [-0.05, 0) is 48.4 Å². The molecule has 2 aromatic carbocycles. The molecule has 0 aliphatic carbocycles. The summed E-state index contributed by atoms with van der Waals surface area (Å²) in [5.74, 6) is 0. The molecule has 25 heavy (non-hydrogen) atoms. The summed E-state index contributed by atoms with van der Waals surface area (Å²) in [5, 5.41) is 26.7. The molecule has 0 aliphatic rings. The number of nitrogens with one attached hydrogen (secondary N) is 1. The fourth-order valence-electron chi connectivity index (χ4n) is 2.64. The summed E-state index contributed by atoms with van der Waals surface area (Å²) in [4.78, 5) is 0. The summed E-state index contributed by atoms with van der Waals surface area (Å²) < 4.78 is 1.82. The summed E-state index contributed by atoms with van der Waals surface area (Å²) in [6, 6.07) is 19.3. The zero-order chi connectivity index (χ0) is 17.6. The first-order valence-corrected chi connectivity index (χ1v) is 8.19. The molecule has 2 N–H and O–H groups in total. The van der Waals surface area contributed by atoms with Crippen LogP contribution >= 0.6 is 0 Å². The lowest BCUT2D eigenvalue weighted by Crippen LogP contribution is -2.24. The Labute approximate surface area is 147 Å². The number of hydrogen-bond donors (Lipinski definition) is 2. The second kappa shape index (κ2) is 7.75. The van der Waals surface area contributed by atoms with Crippen LogP contribution in [0.5, 0.6) is 0 Å². The van der Waals surface area contributed by atoms with E-state index in [4.69, 9.17) is 5.26 Å². The zero-order valence-corrected chi connectivity index (χ0v) is 14.0. The van der Waals surface area contributed by atoms with Crippen molar-refractivity contribution in [1.82, 2.24) is 15.1 Å². The maximum atomic E-state index is 10.3. The summed E-state index contributed by atoms with van der Waals surface area (Å²) >= 11 is 0. The van der Waals surface area contributed by atoms with E-state index in [1.165, 1.54) is 0 Å². The molecule has 0 spiro atoms. The van der Waals surface area contributed by atoms with Gasteiger partial charge in [-0.1, -0.05) is 24.3 Å². The Morgan fingerprint density at radius 2 is 1.80 bits per heavy atom. The third-order valence-electron chi connectivity index (χ3n) is 4.20. The van der Waals surface area contributed by atoms with E-state index in [1.54, 1.807) is 30.5 Å². The lowest BCUT2D eigenvalue weighted by molar-refractivity contribution is 0.171. The molecule has 0 radical (unpaired) electrons. The fourth-order valence-corrected chi connectivity index (χ4v) is 2.64. The van der Waals surface area contributed by atoms with Crippen molar-refractivity contribution in [2.75, 3.05) is 6.54 Å². The Balaban J connectivity index is 1.58. The molecule has 0 bridgehead atoms.